The van der Waals surface area contributed by atoms with Crippen LogP contribution in [0.2, 0.25) is 0 Å². The summed E-state index contributed by atoms with van der Waals surface area (Å²) in [6.45, 7) is 0. The molecule has 0 radical (unpaired) electrons. The van der Waals surface area contributed by atoms with E-state index in [0.717, 1.165) is 17.1 Å². The first kappa shape index (κ1) is 13.1. The summed E-state index contributed by atoms with van der Waals surface area (Å²) in [7, 11) is 0. The van der Waals surface area contributed by atoms with Gasteiger partial charge in [-0.05, 0) is 42.5 Å². The van der Waals surface area contributed by atoms with Gasteiger partial charge in [0.25, 0.3) is 0 Å². The molecule has 0 fully saturated rings. The van der Waals surface area contributed by atoms with Crippen molar-refractivity contribution in [2.75, 3.05) is 5.32 Å². The quantitative estimate of drug-likeness (QED) is 0.803. The van der Waals surface area contributed by atoms with Crippen LogP contribution < -0.4 is 5.32 Å². The van der Waals surface area contributed by atoms with E-state index in [1.807, 2.05) is 72.8 Å². The van der Waals surface area contributed by atoms with Crippen LogP contribution in [0.1, 0.15) is 0 Å². The van der Waals surface area contributed by atoms with Crippen LogP contribution in [-0.2, 0) is 0 Å². The van der Waals surface area contributed by atoms with E-state index in [1.54, 1.807) is 6.08 Å². The van der Waals surface area contributed by atoms with E-state index >= 15 is 0 Å². The fourth-order valence-corrected chi connectivity index (χ4v) is 2.03. The van der Waals surface area contributed by atoms with Crippen molar-refractivity contribution in [2.45, 2.75) is 0 Å². The lowest BCUT2D eigenvalue weighted by atomic mass is 10.1. The van der Waals surface area contributed by atoms with Gasteiger partial charge in [-0.25, -0.2) is 4.99 Å². The van der Waals surface area contributed by atoms with Gasteiger partial charge in [-0.2, -0.15) is 0 Å². The van der Waals surface area contributed by atoms with E-state index in [2.05, 4.69) is 10.3 Å². The summed E-state index contributed by atoms with van der Waals surface area (Å²) in [4.78, 5) is 4.52. The Labute approximate surface area is 123 Å². The zero-order valence-corrected chi connectivity index (χ0v) is 11.5. The maximum atomic E-state index is 7.97. The summed E-state index contributed by atoms with van der Waals surface area (Å²) in [5, 5.41) is 11.3. The third-order valence-corrected chi connectivity index (χ3v) is 3.07. The Morgan fingerprint density at radius 1 is 0.810 bits per heavy atom. The van der Waals surface area contributed by atoms with E-state index in [9.17, 15) is 0 Å². The van der Waals surface area contributed by atoms with Gasteiger partial charge in [0.15, 0.2) is 0 Å². The average molecular weight is 273 g/mol. The normalized spacial score (nSPS) is 15.9. The number of nitrogens with one attached hydrogen (secondary N) is 2. The molecule has 0 unspecified atom stereocenters. The Kier molecular flexibility index (Phi) is 3.74. The number of hydrogen-bond donors (Lipinski definition) is 2. The number of aliphatic imine (C=N–C) groups is 1. The van der Waals surface area contributed by atoms with Crippen molar-refractivity contribution < 1.29 is 0 Å². The van der Waals surface area contributed by atoms with Crippen LogP contribution in [0.3, 0.4) is 0 Å². The molecule has 1 aliphatic rings. The van der Waals surface area contributed by atoms with Gasteiger partial charge in [0.1, 0.15) is 0 Å². The fourth-order valence-electron chi connectivity index (χ4n) is 2.03. The third-order valence-electron chi connectivity index (χ3n) is 3.07. The minimum absolute atomic E-state index is 0.414. The Bertz CT molecular complexity index is 726. The van der Waals surface area contributed by atoms with Crippen LogP contribution in [-0.4, -0.2) is 11.4 Å². The summed E-state index contributed by atoms with van der Waals surface area (Å²) in [5.41, 5.74) is 3.86. The van der Waals surface area contributed by atoms with E-state index in [1.165, 1.54) is 0 Å². The zero-order chi connectivity index (χ0) is 14.5. The van der Waals surface area contributed by atoms with Crippen molar-refractivity contribution in [1.29, 1.82) is 5.41 Å². The summed E-state index contributed by atoms with van der Waals surface area (Å²) in [5.74, 6) is 0. The molecule has 102 valence electrons. The maximum absolute atomic E-state index is 7.97. The number of anilines is 1. The second-order valence-electron chi connectivity index (χ2n) is 4.67. The lowest BCUT2D eigenvalue weighted by molar-refractivity contribution is 1.44. The van der Waals surface area contributed by atoms with E-state index in [4.69, 9.17) is 5.41 Å². The summed E-state index contributed by atoms with van der Waals surface area (Å²) < 4.78 is 0. The SMILES string of the molecule is N=C1C=CC(Nc2ccccc2)=CC1=Nc1ccccc1. The molecule has 3 heteroatoms. The molecule has 0 spiro atoms. The Balaban J connectivity index is 1.86. The molecule has 2 N–H and O–H groups in total. The van der Waals surface area contributed by atoms with Crippen LogP contribution in [0, 0.1) is 5.41 Å². The molecule has 0 aliphatic heterocycles. The minimum Gasteiger partial charge on any atom is -0.355 e. The van der Waals surface area contributed by atoms with Crippen molar-refractivity contribution >= 4 is 22.8 Å². The van der Waals surface area contributed by atoms with E-state index in [-0.39, 0.29) is 0 Å². The van der Waals surface area contributed by atoms with Crippen LogP contribution in [0.4, 0.5) is 11.4 Å². The summed E-state index contributed by atoms with van der Waals surface area (Å²) >= 11 is 0. The molecular formula is C18H15N3. The molecule has 0 saturated carbocycles. The summed E-state index contributed by atoms with van der Waals surface area (Å²) in [6, 6.07) is 19.6. The first-order valence-electron chi connectivity index (χ1n) is 6.76. The molecule has 0 saturated heterocycles. The van der Waals surface area contributed by atoms with Crippen LogP contribution in [0.25, 0.3) is 0 Å². The molecule has 2 aromatic carbocycles. The lowest BCUT2D eigenvalue weighted by Gasteiger charge is -2.12. The predicted molar refractivity (Wildman–Crippen MR) is 88.6 cm³/mol. The molecule has 3 nitrogen and oxygen atoms in total. The standard InChI is InChI=1S/C18H15N3/c19-17-12-11-16(20-14-7-3-1-4-8-14)13-18(17)21-15-9-5-2-6-10-15/h1-13,19-20H. The first-order chi connectivity index (χ1) is 10.3. The number of rotatable bonds is 3. The lowest BCUT2D eigenvalue weighted by Crippen LogP contribution is -2.14. The molecule has 0 atom stereocenters. The number of benzene rings is 2. The Morgan fingerprint density at radius 3 is 2.19 bits per heavy atom. The van der Waals surface area contributed by atoms with E-state index < -0.39 is 0 Å². The van der Waals surface area contributed by atoms with Gasteiger partial charge >= 0.3 is 0 Å². The van der Waals surface area contributed by atoms with Gasteiger partial charge in [-0.15, -0.1) is 0 Å². The zero-order valence-electron chi connectivity index (χ0n) is 11.5. The van der Waals surface area contributed by atoms with Gasteiger partial charge in [0, 0.05) is 11.4 Å². The predicted octanol–water partition coefficient (Wildman–Crippen LogP) is 4.34. The van der Waals surface area contributed by atoms with Crippen LogP contribution in [0.15, 0.2) is 89.6 Å². The molecular weight excluding hydrogens is 258 g/mol. The van der Waals surface area contributed by atoms with Gasteiger partial charge < -0.3 is 5.32 Å². The first-order valence-corrected chi connectivity index (χ1v) is 6.76. The second-order valence-corrected chi connectivity index (χ2v) is 4.67. The highest BCUT2D eigenvalue weighted by Crippen LogP contribution is 2.16. The van der Waals surface area contributed by atoms with E-state index in [0.29, 0.717) is 11.4 Å². The molecule has 21 heavy (non-hydrogen) atoms. The molecule has 0 amide bonds. The molecule has 1 aliphatic carbocycles. The molecule has 3 rings (SSSR count). The van der Waals surface area contributed by atoms with Gasteiger partial charge in [0.05, 0.1) is 17.1 Å². The van der Waals surface area contributed by atoms with Crippen molar-refractivity contribution in [2.24, 2.45) is 4.99 Å². The topological polar surface area (TPSA) is 48.2 Å². The van der Waals surface area contributed by atoms with Crippen LogP contribution in [0.5, 0.6) is 0 Å². The third kappa shape index (κ3) is 3.34. The Hall–Kier alpha value is -2.94. The molecule has 0 bridgehead atoms. The maximum Gasteiger partial charge on any atom is 0.0906 e. The largest absolute Gasteiger partial charge is 0.355 e. The van der Waals surface area contributed by atoms with Gasteiger partial charge in [0.2, 0.25) is 0 Å². The molecule has 2 aromatic rings. The monoisotopic (exact) mass is 273 g/mol. The van der Waals surface area contributed by atoms with Gasteiger partial charge in [-0.1, -0.05) is 36.4 Å². The highest BCUT2D eigenvalue weighted by molar-refractivity contribution is 6.50. The fraction of sp³-hybridized carbons (Fsp3) is 0. The summed E-state index contributed by atoms with van der Waals surface area (Å²) in [6.07, 6.45) is 5.54. The van der Waals surface area contributed by atoms with Crippen molar-refractivity contribution in [1.82, 2.24) is 0 Å². The molecule has 0 aromatic heterocycles. The minimum atomic E-state index is 0.414. The number of hydrogen-bond acceptors (Lipinski definition) is 3. The van der Waals surface area contributed by atoms with Crippen molar-refractivity contribution in [3.05, 3.63) is 84.6 Å². The number of para-hydroxylation sites is 2. The highest BCUT2D eigenvalue weighted by atomic mass is 14.9. The van der Waals surface area contributed by atoms with Crippen molar-refractivity contribution in [3.8, 4) is 0 Å². The highest BCUT2D eigenvalue weighted by Gasteiger charge is 2.09. The number of allylic oxidation sites excluding steroid dienone is 3. The smallest absolute Gasteiger partial charge is 0.0906 e. The molecule has 0 heterocycles. The van der Waals surface area contributed by atoms with Gasteiger partial charge in [-0.3, -0.25) is 5.41 Å². The Morgan fingerprint density at radius 2 is 1.48 bits per heavy atom. The second kappa shape index (κ2) is 6.01. The average Bonchev–Trinajstić information content (AvgIpc) is 2.53. The number of nitrogens with zero attached hydrogens (tertiary/aromatic N) is 1. The van der Waals surface area contributed by atoms with Crippen molar-refractivity contribution in [3.63, 3.8) is 0 Å². The van der Waals surface area contributed by atoms with Crippen LogP contribution >= 0.6 is 0 Å².